The van der Waals surface area contributed by atoms with Crippen molar-refractivity contribution in [1.82, 2.24) is 9.62 Å². The van der Waals surface area contributed by atoms with Crippen LogP contribution in [-0.2, 0) is 14.8 Å². The highest BCUT2D eigenvalue weighted by Gasteiger charge is 2.30. The summed E-state index contributed by atoms with van der Waals surface area (Å²) < 4.78 is 25.6. The first-order chi connectivity index (χ1) is 10.0. The van der Waals surface area contributed by atoms with E-state index in [1.54, 1.807) is 11.0 Å². The minimum absolute atomic E-state index is 0.0333. The number of carbonyl (C=O) groups excluding carboxylic acids is 1. The third-order valence-electron chi connectivity index (χ3n) is 3.60. The number of nitrogens with one attached hydrogen (secondary N) is 1. The molecule has 0 aliphatic carbocycles. The molecule has 1 aliphatic rings. The molecule has 1 saturated heterocycles. The quantitative estimate of drug-likeness (QED) is 0.832. The SMILES string of the molecule is CNS(=O)(=O)CC1CCCN1C(=O)/C=C/c1ccccc1. The number of amides is 1. The van der Waals surface area contributed by atoms with Gasteiger partial charge in [-0.05, 0) is 31.5 Å². The molecule has 1 amide bonds. The lowest BCUT2D eigenvalue weighted by Crippen LogP contribution is -2.41. The van der Waals surface area contributed by atoms with Gasteiger partial charge in [-0.1, -0.05) is 30.3 Å². The number of benzene rings is 1. The maximum absolute atomic E-state index is 12.2. The molecule has 1 N–H and O–H groups in total. The number of hydrogen-bond acceptors (Lipinski definition) is 3. The first-order valence-electron chi connectivity index (χ1n) is 6.97. The fourth-order valence-electron chi connectivity index (χ4n) is 2.46. The molecule has 1 heterocycles. The minimum atomic E-state index is -3.30. The van der Waals surface area contributed by atoms with E-state index in [9.17, 15) is 13.2 Å². The van der Waals surface area contributed by atoms with Crippen molar-refractivity contribution in [3.8, 4) is 0 Å². The summed E-state index contributed by atoms with van der Waals surface area (Å²) in [7, 11) is -1.91. The smallest absolute Gasteiger partial charge is 0.246 e. The van der Waals surface area contributed by atoms with Crippen LogP contribution in [0.15, 0.2) is 36.4 Å². The van der Waals surface area contributed by atoms with E-state index in [-0.39, 0.29) is 17.7 Å². The Morgan fingerprint density at radius 1 is 1.38 bits per heavy atom. The number of likely N-dealkylation sites (tertiary alicyclic amines) is 1. The Morgan fingerprint density at radius 3 is 2.76 bits per heavy atom. The van der Waals surface area contributed by atoms with E-state index in [2.05, 4.69) is 4.72 Å². The average molecular weight is 308 g/mol. The summed E-state index contributed by atoms with van der Waals surface area (Å²) in [5, 5.41) is 0. The molecule has 1 fully saturated rings. The lowest BCUT2D eigenvalue weighted by molar-refractivity contribution is -0.126. The summed E-state index contributed by atoms with van der Waals surface area (Å²) in [6.07, 6.45) is 4.84. The van der Waals surface area contributed by atoms with Gasteiger partial charge in [-0.3, -0.25) is 4.79 Å². The van der Waals surface area contributed by atoms with Crippen LogP contribution >= 0.6 is 0 Å². The van der Waals surface area contributed by atoms with Gasteiger partial charge in [0.2, 0.25) is 15.9 Å². The number of hydrogen-bond donors (Lipinski definition) is 1. The molecule has 1 unspecified atom stereocenters. The van der Waals surface area contributed by atoms with Gasteiger partial charge in [0.25, 0.3) is 0 Å². The molecule has 0 aromatic heterocycles. The second-order valence-electron chi connectivity index (χ2n) is 5.06. The Balaban J connectivity index is 2.03. The lowest BCUT2D eigenvalue weighted by atomic mass is 10.2. The van der Waals surface area contributed by atoms with Crippen LogP contribution in [0, 0.1) is 0 Å². The molecule has 0 spiro atoms. The van der Waals surface area contributed by atoms with Crippen LogP contribution < -0.4 is 4.72 Å². The van der Waals surface area contributed by atoms with Crippen molar-refractivity contribution in [1.29, 1.82) is 0 Å². The van der Waals surface area contributed by atoms with Crippen LogP contribution in [0.1, 0.15) is 18.4 Å². The highest BCUT2D eigenvalue weighted by molar-refractivity contribution is 7.89. The molecular weight excluding hydrogens is 288 g/mol. The van der Waals surface area contributed by atoms with Crippen molar-refractivity contribution >= 4 is 22.0 Å². The van der Waals surface area contributed by atoms with E-state index in [1.807, 2.05) is 30.3 Å². The number of sulfonamides is 1. The molecule has 5 nitrogen and oxygen atoms in total. The van der Waals surface area contributed by atoms with Crippen molar-refractivity contribution in [2.24, 2.45) is 0 Å². The van der Waals surface area contributed by atoms with Crippen molar-refractivity contribution in [2.45, 2.75) is 18.9 Å². The van der Waals surface area contributed by atoms with E-state index < -0.39 is 10.0 Å². The van der Waals surface area contributed by atoms with Gasteiger partial charge in [0, 0.05) is 18.7 Å². The van der Waals surface area contributed by atoms with Gasteiger partial charge in [-0.25, -0.2) is 13.1 Å². The Hall–Kier alpha value is -1.66. The van der Waals surface area contributed by atoms with Crippen LogP contribution in [0.25, 0.3) is 6.08 Å². The van der Waals surface area contributed by atoms with Crippen LogP contribution in [0.3, 0.4) is 0 Å². The highest BCUT2D eigenvalue weighted by atomic mass is 32.2. The molecule has 114 valence electrons. The van der Waals surface area contributed by atoms with Crippen molar-refractivity contribution in [3.05, 3.63) is 42.0 Å². The van der Waals surface area contributed by atoms with Gasteiger partial charge in [0.05, 0.1) is 5.75 Å². The van der Waals surface area contributed by atoms with Crippen LogP contribution in [0.5, 0.6) is 0 Å². The molecular formula is C15H20N2O3S. The lowest BCUT2D eigenvalue weighted by Gasteiger charge is -2.23. The fourth-order valence-corrected chi connectivity index (χ4v) is 3.48. The van der Waals surface area contributed by atoms with Gasteiger partial charge in [-0.2, -0.15) is 0 Å². The summed E-state index contributed by atoms with van der Waals surface area (Å²) in [5.74, 6) is -0.165. The molecule has 2 rings (SSSR count). The average Bonchev–Trinajstić information content (AvgIpc) is 2.93. The summed E-state index contributed by atoms with van der Waals surface area (Å²) in [4.78, 5) is 13.9. The van der Waals surface area contributed by atoms with Gasteiger partial charge in [0.1, 0.15) is 0 Å². The highest BCUT2D eigenvalue weighted by Crippen LogP contribution is 2.19. The van der Waals surface area contributed by atoms with Gasteiger partial charge in [0.15, 0.2) is 0 Å². The van der Waals surface area contributed by atoms with Crippen molar-refractivity contribution in [3.63, 3.8) is 0 Å². The Labute approximate surface area is 125 Å². The Morgan fingerprint density at radius 2 is 2.10 bits per heavy atom. The van der Waals surface area contributed by atoms with Gasteiger partial charge < -0.3 is 4.90 Å². The molecule has 0 saturated carbocycles. The molecule has 1 aromatic rings. The van der Waals surface area contributed by atoms with Crippen LogP contribution in [-0.4, -0.2) is 44.6 Å². The van der Waals surface area contributed by atoms with Crippen LogP contribution in [0.2, 0.25) is 0 Å². The summed E-state index contributed by atoms with van der Waals surface area (Å²) in [5.41, 5.74) is 0.949. The van der Waals surface area contributed by atoms with Crippen molar-refractivity contribution in [2.75, 3.05) is 19.3 Å². The number of rotatable bonds is 5. The normalized spacial score (nSPS) is 19.3. The second-order valence-corrected chi connectivity index (χ2v) is 7.03. The number of nitrogens with zero attached hydrogens (tertiary/aromatic N) is 1. The zero-order valence-electron chi connectivity index (χ0n) is 12.0. The molecule has 0 bridgehead atoms. The Kier molecular flexibility index (Phi) is 5.14. The van der Waals surface area contributed by atoms with E-state index in [4.69, 9.17) is 0 Å². The molecule has 21 heavy (non-hydrogen) atoms. The topological polar surface area (TPSA) is 66.5 Å². The summed E-state index contributed by atoms with van der Waals surface area (Å²) in [6, 6.07) is 9.31. The zero-order chi connectivity index (χ0) is 15.3. The third-order valence-corrected chi connectivity index (χ3v) is 5.05. The molecule has 1 aromatic carbocycles. The second kappa shape index (κ2) is 6.87. The maximum atomic E-state index is 12.2. The monoisotopic (exact) mass is 308 g/mol. The summed E-state index contributed by atoms with van der Waals surface area (Å²) >= 11 is 0. The van der Waals surface area contributed by atoms with Gasteiger partial charge >= 0.3 is 0 Å². The molecule has 1 aliphatic heterocycles. The first kappa shape index (κ1) is 15.7. The van der Waals surface area contributed by atoms with Crippen molar-refractivity contribution < 1.29 is 13.2 Å². The van der Waals surface area contributed by atoms with Crippen LogP contribution in [0.4, 0.5) is 0 Å². The minimum Gasteiger partial charge on any atom is -0.335 e. The summed E-state index contributed by atoms with van der Waals surface area (Å²) in [6.45, 7) is 0.613. The molecule has 6 heteroatoms. The standard InChI is InChI=1S/C15H20N2O3S/c1-16-21(19,20)12-14-8-5-11-17(14)15(18)10-9-13-6-3-2-4-7-13/h2-4,6-7,9-10,14,16H,5,8,11-12H2,1H3/b10-9+. The maximum Gasteiger partial charge on any atom is 0.246 e. The van der Waals surface area contributed by atoms with E-state index in [0.29, 0.717) is 6.54 Å². The zero-order valence-corrected chi connectivity index (χ0v) is 12.8. The molecule has 1 atom stereocenters. The Bertz CT molecular complexity index is 611. The predicted molar refractivity (Wildman–Crippen MR) is 83.1 cm³/mol. The third kappa shape index (κ3) is 4.41. The molecule has 0 radical (unpaired) electrons. The van der Waals surface area contributed by atoms with E-state index in [0.717, 1.165) is 18.4 Å². The fraction of sp³-hybridized carbons (Fsp3) is 0.400. The largest absolute Gasteiger partial charge is 0.335 e. The van der Waals surface area contributed by atoms with Gasteiger partial charge in [-0.15, -0.1) is 0 Å². The number of carbonyl (C=O) groups is 1. The van der Waals surface area contributed by atoms with E-state index in [1.165, 1.54) is 13.1 Å². The van der Waals surface area contributed by atoms with E-state index >= 15 is 0 Å². The first-order valence-corrected chi connectivity index (χ1v) is 8.62. The predicted octanol–water partition coefficient (Wildman–Crippen LogP) is 1.24.